The lowest BCUT2D eigenvalue weighted by molar-refractivity contribution is -0.150. The highest BCUT2D eigenvalue weighted by atomic mass is 32.1. The van der Waals surface area contributed by atoms with E-state index in [1.54, 1.807) is 36.6 Å². The van der Waals surface area contributed by atoms with Crippen LogP contribution >= 0.6 is 11.3 Å². The Balaban J connectivity index is 1.81. The zero-order valence-corrected chi connectivity index (χ0v) is 15.0. The summed E-state index contributed by atoms with van der Waals surface area (Å²) >= 11 is 1.21. The van der Waals surface area contributed by atoms with E-state index >= 15 is 0 Å². The van der Waals surface area contributed by atoms with Crippen LogP contribution in [0.2, 0.25) is 0 Å². The lowest BCUT2D eigenvalue weighted by atomic mass is 10.1. The Morgan fingerprint density at radius 2 is 1.92 bits per heavy atom. The lowest BCUT2D eigenvalue weighted by Gasteiger charge is -2.08. The van der Waals surface area contributed by atoms with Gasteiger partial charge in [0.2, 0.25) is 0 Å². The van der Waals surface area contributed by atoms with Crippen LogP contribution in [-0.4, -0.2) is 35.7 Å². The highest BCUT2D eigenvalue weighted by molar-refractivity contribution is 7.09. The molecule has 1 aromatic heterocycles. The van der Waals surface area contributed by atoms with Gasteiger partial charge in [0.1, 0.15) is 10.8 Å². The molecule has 0 aliphatic carbocycles. The van der Waals surface area contributed by atoms with Crippen molar-refractivity contribution in [3.05, 3.63) is 45.9 Å². The van der Waals surface area contributed by atoms with Gasteiger partial charge in [-0.3, -0.25) is 9.59 Å². The van der Waals surface area contributed by atoms with Crippen LogP contribution in [0.3, 0.4) is 0 Å². The van der Waals surface area contributed by atoms with Crippen molar-refractivity contribution in [1.29, 1.82) is 5.26 Å². The summed E-state index contributed by atoms with van der Waals surface area (Å²) in [5.74, 6) is -2.01. The normalized spacial score (nSPS) is 11.3. The first-order valence-corrected chi connectivity index (χ1v) is 8.52. The fourth-order valence-corrected chi connectivity index (χ4v) is 2.84. The molecular weight excluding hydrogens is 356 g/mol. The van der Waals surface area contributed by atoms with Crippen LogP contribution in [0.1, 0.15) is 33.9 Å². The highest BCUT2D eigenvalue weighted by Gasteiger charge is 2.24. The molecule has 0 bridgehead atoms. The van der Waals surface area contributed by atoms with Crippen LogP contribution < -0.4 is 4.74 Å². The molecule has 8 heteroatoms. The zero-order valence-electron chi connectivity index (χ0n) is 14.2. The topological polar surface area (TPSA) is 106 Å². The number of esters is 1. The molecule has 0 amide bonds. The number of hydrogen-bond acceptors (Lipinski definition) is 8. The van der Waals surface area contributed by atoms with E-state index in [2.05, 4.69) is 4.98 Å². The number of nitrogens with zero attached hydrogens (tertiary/aromatic N) is 2. The highest BCUT2D eigenvalue weighted by Crippen LogP contribution is 2.20. The number of carbonyl (C=O) groups is 3. The summed E-state index contributed by atoms with van der Waals surface area (Å²) in [6.07, 6.45) is 0. The number of aromatic nitrogens is 1. The first-order valence-electron chi connectivity index (χ1n) is 7.64. The molecule has 1 heterocycles. The molecule has 134 valence electrons. The van der Waals surface area contributed by atoms with Crippen molar-refractivity contribution in [1.82, 2.24) is 4.98 Å². The molecule has 1 atom stereocenters. The Kier molecular flexibility index (Phi) is 6.58. The molecule has 2 aromatic rings. The Morgan fingerprint density at radius 1 is 1.23 bits per heavy atom. The minimum absolute atomic E-state index is 0.0723. The SMILES string of the molecule is CC(=O)c1ccc(OCC(=O)OCC(=O)[C@@H](C#N)c2nc(C)cs2)cc1. The van der Waals surface area contributed by atoms with Crippen LogP contribution in [0.15, 0.2) is 29.6 Å². The number of hydrogen-bond donors (Lipinski definition) is 0. The van der Waals surface area contributed by atoms with Gasteiger partial charge in [-0.05, 0) is 38.1 Å². The van der Waals surface area contributed by atoms with Crippen molar-refractivity contribution in [2.75, 3.05) is 13.2 Å². The Hall–Kier alpha value is -3.05. The predicted octanol–water partition coefficient (Wildman–Crippen LogP) is 2.45. The molecule has 0 unspecified atom stereocenters. The lowest BCUT2D eigenvalue weighted by Crippen LogP contribution is -2.22. The molecule has 0 aliphatic rings. The number of nitriles is 1. The van der Waals surface area contributed by atoms with E-state index in [9.17, 15) is 14.4 Å². The number of ether oxygens (including phenoxy) is 2. The monoisotopic (exact) mass is 372 g/mol. The summed E-state index contributed by atoms with van der Waals surface area (Å²) in [5.41, 5.74) is 1.25. The zero-order chi connectivity index (χ0) is 19.1. The molecular formula is C18H16N2O5S. The molecule has 0 N–H and O–H groups in total. The number of ketones is 2. The average molecular weight is 372 g/mol. The van der Waals surface area contributed by atoms with E-state index in [0.29, 0.717) is 16.3 Å². The van der Waals surface area contributed by atoms with E-state index in [0.717, 1.165) is 5.69 Å². The standard InChI is InChI=1S/C18H16N2O5S/c1-11-10-26-18(20-11)15(7-19)16(22)8-25-17(23)9-24-14-5-3-13(4-6-14)12(2)21/h3-6,10,15H,8-9H2,1-2H3/t15-/m1/s1. The van der Waals surface area contributed by atoms with E-state index in [1.807, 2.05) is 6.07 Å². The van der Waals surface area contributed by atoms with E-state index < -0.39 is 24.3 Å². The van der Waals surface area contributed by atoms with Gasteiger partial charge >= 0.3 is 5.97 Å². The fraction of sp³-hybridized carbons (Fsp3) is 0.278. The second-order valence-corrected chi connectivity index (χ2v) is 6.28. The molecule has 0 aliphatic heterocycles. The maximum atomic E-state index is 12.1. The number of aryl methyl sites for hydroxylation is 1. The van der Waals surface area contributed by atoms with Crippen LogP contribution in [-0.2, 0) is 14.3 Å². The smallest absolute Gasteiger partial charge is 0.344 e. The number of benzene rings is 1. The van der Waals surface area contributed by atoms with Gasteiger partial charge in [-0.15, -0.1) is 11.3 Å². The Labute approximate surface area is 154 Å². The van der Waals surface area contributed by atoms with Crippen molar-refractivity contribution in [3.63, 3.8) is 0 Å². The molecule has 0 fully saturated rings. The van der Waals surface area contributed by atoms with Crippen molar-refractivity contribution in [3.8, 4) is 11.8 Å². The number of rotatable bonds is 8. The number of carbonyl (C=O) groups excluding carboxylic acids is 3. The molecule has 2 rings (SSSR count). The fourth-order valence-electron chi connectivity index (χ4n) is 1.97. The van der Waals surface area contributed by atoms with E-state index in [-0.39, 0.29) is 12.4 Å². The van der Waals surface area contributed by atoms with Crippen molar-refractivity contribution >= 4 is 28.9 Å². The molecule has 0 radical (unpaired) electrons. The quantitative estimate of drug-likeness (QED) is 0.517. The summed E-state index contributed by atoms with van der Waals surface area (Å²) in [5, 5.41) is 11.3. The molecule has 0 saturated carbocycles. The molecule has 7 nitrogen and oxygen atoms in total. The molecule has 0 saturated heterocycles. The van der Waals surface area contributed by atoms with Crippen LogP contribution in [0.4, 0.5) is 0 Å². The molecule has 0 spiro atoms. The Bertz CT molecular complexity index is 851. The second kappa shape index (κ2) is 8.87. The minimum atomic E-state index is -1.05. The summed E-state index contributed by atoms with van der Waals surface area (Å²) in [4.78, 5) is 39.0. The summed E-state index contributed by atoms with van der Waals surface area (Å²) in [7, 11) is 0. The number of thiazole rings is 1. The van der Waals surface area contributed by atoms with Crippen LogP contribution in [0.5, 0.6) is 5.75 Å². The third-order valence-corrected chi connectivity index (χ3v) is 4.36. The molecule has 26 heavy (non-hydrogen) atoms. The van der Waals surface area contributed by atoms with Gasteiger partial charge in [-0.25, -0.2) is 9.78 Å². The van der Waals surface area contributed by atoms with Gasteiger partial charge in [-0.1, -0.05) is 0 Å². The van der Waals surface area contributed by atoms with Gasteiger partial charge < -0.3 is 9.47 Å². The van der Waals surface area contributed by atoms with Crippen molar-refractivity contribution in [2.45, 2.75) is 19.8 Å². The first kappa shape index (κ1) is 19.3. The second-order valence-electron chi connectivity index (χ2n) is 5.39. The maximum Gasteiger partial charge on any atom is 0.344 e. The number of Topliss-reactive ketones (excluding diaryl/α,β-unsaturated/α-hetero) is 2. The van der Waals surface area contributed by atoms with Gasteiger partial charge in [0.05, 0.1) is 6.07 Å². The third-order valence-electron chi connectivity index (χ3n) is 3.33. The predicted molar refractivity (Wildman–Crippen MR) is 93.1 cm³/mol. The van der Waals surface area contributed by atoms with Gasteiger partial charge in [0.25, 0.3) is 0 Å². The van der Waals surface area contributed by atoms with Crippen LogP contribution in [0.25, 0.3) is 0 Å². The summed E-state index contributed by atoms with van der Waals surface area (Å²) in [6, 6.07) is 8.16. The van der Waals surface area contributed by atoms with Crippen molar-refractivity contribution in [2.24, 2.45) is 0 Å². The van der Waals surface area contributed by atoms with E-state index in [4.69, 9.17) is 14.7 Å². The van der Waals surface area contributed by atoms with Crippen molar-refractivity contribution < 1.29 is 23.9 Å². The largest absolute Gasteiger partial charge is 0.482 e. The molecule has 1 aromatic carbocycles. The first-order chi connectivity index (χ1) is 12.4. The summed E-state index contributed by atoms with van der Waals surface area (Å²) < 4.78 is 10.1. The van der Waals surface area contributed by atoms with Crippen LogP contribution in [0, 0.1) is 18.3 Å². The van der Waals surface area contributed by atoms with Gasteiger partial charge in [-0.2, -0.15) is 5.26 Å². The average Bonchev–Trinajstić information content (AvgIpc) is 3.05. The summed E-state index contributed by atoms with van der Waals surface area (Å²) in [6.45, 7) is 2.30. The maximum absolute atomic E-state index is 12.1. The minimum Gasteiger partial charge on any atom is -0.482 e. The van der Waals surface area contributed by atoms with E-state index in [1.165, 1.54) is 18.3 Å². The third kappa shape index (κ3) is 5.22. The van der Waals surface area contributed by atoms with Gasteiger partial charge in [0.15, 0.2) is 30.7 Å². The van der Waals surface area contributed by atoms with Gasteiger partial charge in [0, 0.05) is 16.6 Å². The Morgan fingerprint density at radius 3 is 2.46 bits per heavy atom.